The Kier molecular flexibility index (Phi) is 1.95. The SMILES string of the molecule is O=C(O)Cn1c(O)coc1=S. The van der Waals surface area contributed by atoms with Crippen LogP contribution in [-0.2, 0) is 11.3 Å². The molecule has 0 unspecified atom stereocenters. The maximum Gasteiger partial charge on any atom is 0.323 e. The molecule has 0 aliphatic heterocycles. The average Bonchev–Trinajstić information content (AvgIpc) is 2.18. The molecule has 6 heteroatoms. The zero-order valence-electron chi connectivity index (χ0n) is 5.35. The number of carbonyl (C=O) groups is 1. The first kappa shape index (κ1) is 7.80. The largest absolute Gasteiger partial charge is 0.492 e. The lowest BCUT2D eigenvalue weighted by Gasteiger charge is -1.95. The molecule has 1 aromatic heterocycles. The quantitative estimate of drug-likeness (QED) is 0.644. The van der Waals surface area contributed by atoms with Crippen molar-refractivity contribution in [1.82, 2.24) is 4.57 Å². The van der Waals surface area contributed by atoms with E-state index in [1.165, 1.54) is 0 Å². The maximum absolute atomic E-state index is 10.2. The molecule has 0 saturated carbocycles. The van der Waals surface area contributed by atoms with Gasteiger partial charge >= 0.3 is 5.97 Å². The zero-order valence-corrected chi connectivity index (χ0v) is 6.17. The van der Waals surface area contributed by atoms with Crippen LogP contribution in [0.15, 0.2) is 10.7 Å². The van der Waals surface area contributed by atoms with Crippen LogP contribution in [0.1, 0.15) is 0 Å². The highest BCUT2D eigenvalue weighted by Gasteiger charge is 2.06. The summed E-state index contributed by atoms with van der Waals surface area (Å²) in [4.78, 5) is 10.1. The number of nitrogens with zero attached hydrogens (tertiary/aromatic N) is 1. The molecule has 0 aliphatic carbocycles. The number of rotatable bonds is 2. The molecule has 0 spiro atoms. The maximum atomic E-state index is 10.2. The van der Waals surface area contributed by atoms with Gasteiger partial charge in [0.2, 0.25) is 5.88 Å². The van der Waals surface area contributed by atoms with Crippen molar-refractivity contribution < 1.29 is 19.4 Å². The number of aromatic hydroxyl groups is 1. The highest BCUT2D eigenvalue weighted by atomic mass is 32.1. The molecule has 0 bridgehead atoms. The lowest BCUT2D eigenvalue weighted by Crippen LogP contribution is -2.07. The van der Waals surface area contributed by atoms with E-state index in [1.807, 2.05) is 0 Å². The minimum Gasteiger partial charge on any atom is -0.492 e. The van der Waals surface area contributed by atoms with Crippen LogP contribution in [0.3, 0.4) is 0 Å². The van der Waals surface area contributed by atoms with Crippen molar-refractivity contribution in [3.63, 3.8) is 0 Å². The van der Waals surface area contributed by atoms with Gasteiger partial charge in [0.05, 0.1) is 0 Å². The van der Waals surface area contributed by atoms with Crippen molar-refractivity contribution >= 4 is 18.2 Å². The van der Waals surface area contributed by atoms with E-state index in [2.05, 4.69) is 16.6 Å². The fourth-order valence-corrected chi connectivity index (χ4v) is 0.811. The number of oxazole rings is 1. The number of hydrogen-bond acceptors (Lipinski definition) is 4. The standard InChI is InChI=1S/C5H5NO4S/c7-3-2-10-5(11)6(3)1-4(8)9/h2,7H,1H2,(H,8,9). The number of aliphatic carboxylic acids is 1. The first-order chi connectivity index (χ1) is 5.11. The Morgan fingerprint density at radius 2 is 2.45 bits per heavy atom. The third-order valence-electron chi connectivity index (χ3n) is 1.06. The molecule has 5 nitrogen and oxygen atoms in total. The smallest absolute Gasteiger partial charge is 0.323 e. The van der Waals surface area contributed by atoms with E-state index in [-0.39, 0.29) is 17.3 Å². The predicted octanol–water partition coefficient (Wildman–Crippen LogP) is 0.601. The monoisotopic (exact) mass is 175 g/mol. The van der Waals surface area contributed by atoms with Crippen molar-refractivity contribution in [3.05, 3.63) is 11.1 Å². The Morgan fingerprint density at radius 3 is 2.82 bits per heavy atom. The molecule has 0 aliphatic rings. The molecule has 60 valence electrons. The van der Waals surface area contributed by atoms with Gasteiger partial charge in [0, 0.05) is 0 Å². The van der Waals surface area contributed by atoms with Crippen LogP contribution in [0.5, 0.6) is 5.88 Å². The summed E-state index contributed by atoms with van der Waals surface area (Å²) in [5.41, 5.74) is 0. The molecule has 0 saturated heterocycles. The van der Waals surface area contributed by atoms with Gasteiger partial charge in [-0.05, 0) is 12.2 Å². The van der Waals surface area contributed by atoms with Gasteiger partial charge < -0.3 is 14.6 Å². The third kappa shape index (κ3) is 1.58. The fraction of sp³-hybridized carbons (Fsp3) is 0.200. The summed E-state index contributed by atoms with van der Waals surface area (Å²) in [5, 5.41) is 17.2. The van der Waals surface area contributed by atoms with Crippen LogP contribution < -0.4 is 0 Å². The number of hydrogen-bond donors (Lipinski definition) is 2. The Labute approximate surface area is 66.5 Å². The molecule has 1 rings (SSSR count). The van der Waals surface area contributed by atoms with Crippen LogP contribution >= 0.6 is 12.2 Å². The van der Waals surface area contributed by atoms with Crippen molar-refractivity contribution in [1.29, 1.82) is 0 Å². The third-order valence-corrected chi connectivity index (χ3v) is 1.37. The molecule has 0 atom stereocenters. The second-order valence-electron chi connectivity index (χ2n) is 1.84. The summed E-state index contributed by atoms with van der Waals surface area (Å²) in [6.07, 6.45) is 0.991. The molecule has 0 fully saturated rings. The summed E-state index contributed by atoms with van der Waals surface area (Å²) in [6, 6.07) is 0. The second-order valence-corrected chi connectivity index (χ2v) is 2.19. The predicted molar refractivity (Wildman–Crippen MR) is 36.8 cm³/mol. The fourth-order valence-electron chi connectivity index (χ4n) is 0.605. The van der Waals surface area contributed by atoms with E-state index in [0.717, 1.165) is 10.8 Å². The van der Waals surface area contributed by atoms with Gasteiger partial charge in [-0.3, -0.25) is 9.36 Å². The van der Waals surface area contributed by atoms with E-state index in [9.17, 15) is 4.79 Å². The Balaban J connectivity index is 3.01. The summed E-state index contributed by atoms with van der Waals surface area (Å²) < 4.78 is 5.53. The van der Waals surface area contributed by atoms with Crippen molar-refractivity contribution in [3.8, 4) is 5.88 Å². The molecule has 2 N–H and O–H groups in total. The van der Waals surface area contributed by atoms with Gasteiger partial charge in [0.1, 0.15) is 6.54 Å². The number of carboxylic acids is 1. The average molecular weight is 175 g/mol. The van der Waals surface area contributed by atoms with E-state index in [0.29, 0.717) is 0 Å². The Bertz CT molecular complexity index is 325. The van der Waals surface area contributed by atoms with Crippen molar-refractivity contribution in [2.75, 3.05) is 0 Å². The van der Waals surface area contributed by atoms with E-state index in [4.69, 9.17) is 10.2 Å². The van der Waals surface area contributed by atoms with Gasteiger partial charge in [-0.25, -0.2) is 0 Å². The van der Waals surface area contributed by atoms with Crippen molar-refractivity contribution in [2.45, 2.75) is 6.54 Å². The molecular formula is C5H5NO4S. The van der Waals surface area contributed by atoms with E-state index in [1.54, 1.807) is 0 Å². The summed E-state index contributed by atoms with van der Waals surface area (Å²) in [6.45, 7) is -0.388. The topological polar surface area (TPSA) is 75.6 Å². The van der Waals surface area contributed by atoms with Gasteiger partial charge in [-0.1, -0.05) is 0 Å². The lowest BCUT2D eigenvalue weighted by molar-refractivity contribution is -0.137. The minimum absolute atomic E-state index is 0.0510. The Morgan fingerprint density at radius 1 is 1.82 bits per heavy atom. The van der Waals surface area contributed by atoms with Gasteiger partial charge in [0.25, 0.3) is 4.84 Å². The van der Waals surface area contributed by atoms with Crippen LogP contribution in [-0.4, -0.2) is 20.7 Å². The van der Waals surface area contributed by atoms with Crippen LogP contribution in [0.4, 0.5) is 0 Å². The van der Waals surface area contributed by atoms with Crippen LogP contribution in [0.25, 0.3) is 0 Å². The Hall–Kier alpha value is -1.30. The first-order valence-electron chi connectivity index (χ1n) is 2.70. The lowest BCUT2D eigenvalue weighted by atomic mass is 10.6. The van der Waals surface area contributed by atoms with Gasteiger partial charge in [-0.15, -0.1) is 0 Å². The highest BCUT2D eigenvalue weighted by Crippen LogP contribution is 2.10. The molecule has 0 amide bonds. The molecular weight excluding hydrogens is 170 g/mol. The van der Waals surface area contributed by atoms with Crippen molar-refractivity contribution in [2.24, 2.45) is 0 Å². The van der Waals surface area contributed by atoms with Crippen LogP contribution in [0, 0.1) is 4.84 Å². The number of carboxylic acid groups (broad SMARTS) is 1. The highest BCUT2D eigenvalue weighted by molar-refractivity contribution is 7.71. The first-order valence-corrected chi connectivity index (χ1v) is 3.11. The summed E-state index contributed by atoms with van der Waals surface area (Å²) >= 11 is 4.56. The van der Waals surface area contributed by atoms with Gasteiger partial charge in [0.15, 0.2) is 6.26 Å². The number of aromatic nitrogens is 1. The summed E-state index contributed by atoms with van der Waals surface area (Å²) in [7, 11) is 0. The van der Waals surface area contributed by atoms with Gasteiger partial charge in [-0.2, -0.15) is 0 Å². The minimum atomic E-state index is -1.09. The molecule has 1 heterocycles. The zero-order chi connectivity index (χ0) is 8.43. The molecule has 1 aromatic rings. The molecule has 0 radical (unpaired) electrons. The van der Waals surface area contributed by atoms with E-state index < -0.39 is 5.97 Å². The van der Waals surface area contributed by atoms with E-state index >= 15 is 0 Å². The molecule has 11 heavy (non-hydrogen) atoms. The summed E-state index contributed by atoms with van der Waals surface area (Å²) in [5.74, 6) is -1.37. The second kappa shape index (κ2) is 2.75. The molecule has 0 aromatic carbocycles. The normalized spacial score (nSPS) is 9.82. The van der Waals surface area contributed by atoms with Crippen LogP contribution in [0.2, 0.25) is 0 Å².